The number of hydrogen-bond donors (Lipinski definition) is 0. The maximum atomic E-state index is 13.7. The van der Waals surface area contributed by atoms with Gasteiger partial charge in [0.1, 0.15) is 5.82 Å². The maximum Gasteiger partial charge on any atom is 0.127 e. The second-order valence-electron chi connectivity index (χ2n) is 3.69. The van der Waals surface area contributed by atoms with Crippen LogP contribution in [0.2, 0.25) is 15.1 Å². The average Bonchev–Trinajstić information content (AvgIpc) is 2.33. The molecule has 0 radical (unpaired) electrons. The SMILES string of the molecule is Fc1cc(-c2cc(Cl)cc(Cl)c2Cl)ccc1CBr. The topological polar surface area (TPSA) is 0 Å². The molecule has 0 fully saturated rings. The van der Waals surface area contributed by atoms with Gasteiger partial charge in [0.2, 0.25) is 0 Å². The van der Waals surface area contributed by atoms with E-state index in [0.717, 1.165) is 0 Å². The molecular formula is C13H7BrCl3F. The Bertz CT molecular complexity index is 599. The number of hydrogen-bond acceptors (Lipinski definition) is 0. The summed E-state index contributed by atoms with van der Waals surface area (Å²) in [4.78, 5) is 0. The van der Waals surface area contributed by atoms with Gasteiger partial charge in [0.15, 0.2) is 0 Å². The smallest absolute Gasteiger partial charge is 0.127 e. The highest BCUT2D eigenvalue weighted by molar-refractivity contribution is 9.08. The van der Waals surface area contributed by atoms with Gasteiger partial charge in [-0.05, 0) is 29.3 Å². The van der Waals surface area contributed by atoms with Crippen molar-refractivity contribution in [3.05, 3.63) is 56.8 Å². The predicted molar refractivity (Wildman–Crippen MR) is 79.5 cm³/mol. The van der Waals surface area contributed by atoms with Gasteiger partial charge in [-0.3, -0.25) is 0 Å². The van der Waals surface area contributed by atoms with Crippen LogP contribution in [0.5, 0.6) is 0 Å². The van der Waals surface area contributed by atoms with Crippen LogP contribution in [0.3, 0.4) is 0 Å². The highest BCUT2D eigenvalue weighted by atomic mass is 79.9. The van der Waals surface area contributed by atoms with Crippen molar-refractivity contribution in [1.82, 2.24) is 0 Å². The summed E-state index contributed by atoms with van der Waals surface area (Å²) in [5.74, 6) is -0.295. The summed E-state index contributed by atoms with van der Waals surface area (Å²) in [6.07, 6.45) is 0. The molecule has 2 aromatic carbocycles. The summed E-state index contributed by atoms with van der Waals surface area (Å²) in [7, 11) is 0. The average molecular weight is 368 g/mol. The summed E-state index contributed by atoms with van der Waals surface area (Å²) in [6.45, 7) is 0. The lowest BCUT2D eigenvalue weighted by molar-refractivity contribution is 0.618. The standard InChI is InChI=1S/C13H7BrCl3F/c14-6-8-2-1-7(3-12(8)18)10-4-9(15)5-11(16)13(10)17/h1-5H,6H2. The molecule has 0 aliphatic heterocycles. The minimum Gasteiger partial charge on any atom is -0.207 e. The Hall–Kier alpha value is -0.280. The lowest BCUT2D eigenvalue weighted by atomic mass is 10.0. The Labute approximate surface area is 128 Å². The van der Waals surface area contributed by atoms with Gasteiger partial charge in [-0.2, -0.15) is 0 Å². The number of benzene rings is 2. The van der Waals surface area contributed by atoms with Crippen LogP contribution in [0.25, 0.3) is 11.1 Å². The molecule has 0 unspecified atom stereocenters. The quantitative estimate of drug-likeness (QED) is 0.428. The number of halogens is 5. The highest BCUT2D eigenvalue weighted by Crippen LogP contribution is 2.37. The first-order valence-corrected chi connectivity index (χ1v) is 7.27. The van der Waals surface area contributed by atoms with E-state index in [2.05, 4.69) is 15.9 Å². The molecule has 0 bridgehead atoms. The van der Waals surface area contributed by atoms with Crippen LogP contribution < -0.4 is 0 Å². The van der Waals surface area contributed by atoms with Crippen molar-refractivity contribution in [1.29, 1.82) is 0 Å². The summed E-state index contributed by atoms with van der Waals surface area (Å²) in [5.41, 5.74) is 1.85. The van der Waals surface area contributed by atoms with E-state index in [-0.39, 0.29) is 5.82 Å². The zero-order valence-electron chi connectivity index (χ0n) is 8.98. The van der Waals surface area contributed by atoms with Gasteiger partial charge in [0.25, 0.3) is 0 Å². The van der Waals surface area contributed by atoms with E-state index >= 15 is 0 Å². The first kappa shape index (κ1) is 14.1. The number of rotatable bonds is 2. The molecule has 0 amide bonds. The predicted octanol–water partition coefficient (Wildman–Crippen LogP) is 6.35. The Kier molecular flexibility index (Phi) is 4.54. The van der Waals surface area contributed by atoms with Crippen molar-refractivity contribution in [2.45, 2.75) is 5.33 Å². The fourth-order valence-corrected chi connectivity index (χ4v) is 2.76. The van der Waals surface area contributed by atoms with Crippen molar-refractivity contribution in [3.63, 3.8) is 0 Å². The van der Waals surface area contributed by atoms with Crippen molar-refractivity contribution >= 4 is 50.7 Å². The van der Waals surface area contributed by atoms with Crippen molar-refractivity contribution in [2.75, 3.05) is 0 Å². The molecule has 0 aliphatic rings. The van der Waals surface area contributed by atoms with Crippen LogP contribution >= 0.6 is 50.7 Å². The minimum atomic E-state index is -0.295. The van der Waals surface area contributed by atoms with Gasteiger partial charge < -0.3 is 0 Å². The molecule has 0 saturated carbocycles. The van der Waals surface area contributed by atoms with Crippen molar-refractivity contribution < 1.29 is 4.39 Å². The molecule has 18 heavy (non-hydrogen) atoms. The van der Waals surface area contributed by atoms with E-state index in [1.54, 1.807) is 24.3 Å². The molecule has 0 aromatic heterocycles. The van der Waals surface area contributed by atoms with Crippen LogP contribution in [0.15, 0.2) is 30.3 Å². The zero-order chi connectivity index (χ0) is 13.3. The van der Waals surface area contributed by atoms with Gasteiger partial charge in [-0.15, -0.1) is 0 Å². The van der Waals surface area contributed by atoms with Gasteiger partial charge >= 0.3 is 0 Å². The van der Waals surface area contributed by atoms with Crippen molar-refractivity contribution in [2.24, 2.45) is 0 Å². The van der Waals surface area contributed by atoms with Crippen LogP contribution in [0.4, 0.5) is 4.39 Å². The van der Waals surface area contributed by atoms with Crippen LogP contribution in [-0.2, 0) is 5.33 Å². The molecule has 0 aliphatic carbocycles. The molecule has 0 atom stereocenters. The molecule has 0 saturated heterocycles. The van der Waals surface area contributed by atoms with Gasteiger partial charge in [0, 0.05) is 15.9 Å². The number of alkyl halides is 1. The molecule has 5 heteroatoms. The van der Waals surface area contributed by atoms with Crippen molar-refractivity contribution in [3.8, 4) is 11.1 Å². The second kappa shape index (κ2) is 5.79. The van der Waals surface area contributed by atoms with Crippen LogP contribution in [0, 0.1) is 5.82 Å². The van der Waals surface area contributed by atoms with Crippen LogP contribution in [-0.4, -0.2) is 0 Å². The highest BCUT2D eigenvalue weighted by Gasteiger charge is 2.11. The van der Waals surface area contributed by atoms with E-state index < -0.39 is 0 Å². The van der Waals surface area contributed by atoms with E-state index in [4.69, 9.17) is 34.8 Å². The van der Waals surface area contributed by atoms with E-state index in [0.29, 0.717) is 37.1 Å². The lowest BCUT2D eigenvalue weighted by Crippen LogP contribution is -1.88. The Morgan fingerprint density at radius 2 is 1.78 bits per heavy atom. The lowest BCUT2D eigenvalue weighted by Gasteiger charge is -2.08. The monoisotopic (exact) mass is 366 g/mol. The first-order valence-electron chi connectivity index (χ1n) is 5.02. The first-order chi connectivity index (χ1) is 8.52. The largest absolute Gasteiger partial charge is 0.207 e. The fraction of sp³-hybridized carbons (Fsp3) is 0.0769. The van der Waals surface area contributed by atoms with Crippen LogP contribution in [0.1, 0.15) is 5.56 Å². The van der Waals surface area contributed by atoms with E-state index in [1.807, 2.05) is 0 Å². The molecule has 2 rings (SSSR count). The third kappa shape index (κ3) is 2.83. The summed E-state index contributed by atoms with van der Waals surface area (Å²) in [5, 5.41) is 1.64. The molecule has 2 aromatic rings. The molecule has 0 spiro atoms. The van der Waals surface area contributed by atoms with Gasteiger partial charge in [0.05, 0.1) is 10.0 Å². The van der Waals surface area contributed by atoms with Gasteiger partial charge in [-0.25, -0.2) is 4.39 Å². The molecule has 0 N–H and O–H groups in total. The van der Waals surface area contributed by atoms with Gasteiger partial charge in [-0.1, -0.05) is 62.9 Å². The summed E-state index contributed by atoms with van der Waals surface area (Å²) in [6, 6.07) is 8.12. The summed E-state index contributed by atoms with van der Waals surface area (Å²) < 4.78 is 13.7. The van der Waals surface area contributed by atoms with E-state index in [9.17, 15) is 4.39 Å². The minimum absolute atomic E-state index is 0.295. The fourth-order valence-electron chi connectivity index (χ4n) is 1.59. The normalized spacial score (nSPS) is 10.7. The Morgan fingerprint density at radius 3 is 2.39 bits per heavy atom. The summed E-state index contributed by atoms with van der Waals surface area (Å²) >= 11 is 21.2. The van der Waals surface area contributed by atoms with E-state index in [1.165, 1.54) is 6.07 Å². The molecule has 0 nitrogen and oxygen atoms in total. The third-order valence-electron chi connectivity index (χ3n) is 2.50. The maximum absolute atomic E-state index is 13.7. The Morgan fingerprint density at radius 1 is 1.06 bits per heavy atom. The Balaban J connectivity index is 2.58. The third-order valence-corrected chi connectivity index (χ3v) is 4.13. The second-order valence-corrected chi connectivity index (χ2v) is 5.47. The zero-order valence-corrected chi connectivity index (χ0v) is 12.8. The molecule has 94 valence electrons. The molecule has 0 heterocycles. The molecular weight excluding hydrogens is 361 g/mol.